The van der Waals surface area contributed by atoms with Gasteiger partial charge in [-0.25, -0.2) is 9.50 Å². The minimum absolute atomic E-state index is 0.329. The summed E-state index contributed by atoms with van der Waals surface area (Å²) in [6.45, 7) is 8.79. The predicted octanol–water partition coefficient (Wildman–Crippen LogP) is 5.95. The highest BCUT2D eigenvalue weighted by atomic mass is 16.3. The summed E-state index contributed by atoms with van der Waals surface area (Å²) in [4.78, 5) is 4.52. The molecule has 3 rings (SSSR count). The third-order valence-corrected chi connectivity index (χ3v) is 6.04. The summed E-state index contributed by atoms with van der Waals surface area (Å²) in [7, 11) is 0. The fourth-order valence-electron chi connectivity index (χ4n) is 4.26. The van der Waals surface area contributed by atoms with Gasteiger partial charge in [0.05, 0.1) is 18.0 Å². The third kappa shape index (κ3) is 5.95. The SMILES string of the molecule is C\C=C/C(C)=C(\C=C/C)/C=C(\C)c1cnc2ccc(NCC(O)C3CCCCC3)nn12. The van der Waals surface area contributed by atoms with E-state index in [1.807, 2.05) is 36.7 Å². The minimum atomic E-state index is -0.329. The Morgan fingerprint density at radius 1 is 1.16 bits per heavy atom. The average molecular weight is 421 g/mol. The van der Waals surface area contributed by atoms with E-state index in [4.69, 9.17) is 5.10 Å². The van der Waals surface area contributed by atoms with Gasteiger partial charge in [0, 0.05) is 6.54 Å². The Morgan fingerprint density at radius 3 is 2.61 bits per heavy atom. The Hall–Kier alpha value is -2.66. The van der Waals surface area contributed by atoms with Gasteiger partial charge >= 0.3 is 0 Å². The monoisotopic (exact) mass is 420 g/mol. The molecule has 5 nitrogen and oxygen atoms in total. The molecule has 1 aliphatic carbocycles. The molecule has 0 spiro atoms. The molecule has 2 aromatic heterocycles. The van der Waals surface area contributed by atoms with Crippen LogP contribution in [0.25, 0.3) is 11.2 Å². The molecule has 166 valence electrons. The Kier molecular flexibility index (Phi) is 8.24. The van der Waals surface area contributed by atoms with E-state index in [-0.39, 0.29) is 6.10 Å². The highest BCUT2D eigenvalue weighted by Crippen LogP contribution is 2.26. The van der Waals surface area contributed by atoms with Crippen LogP contribution in [0.3, 0.4) is 0 Å². The lowest BCUT2D eigenvalue weighted by Crippen LogP contribution is -2.30. The lowest BCUT2D eigenvalue weighted by Gasteiger charge is -2.26. The second-order valence-corrected chi connectivity index (χ2v) is 8.44. The lowest BCUT2D eigenvalue weighted by atomic mass is 9.85. The number of aliphatic hydroxyl groups excluding tert-OH is 1. The van der Waals surface area contributed by atoms with Crippen LogP contribution >= 0.6 is 0 Å². The number of anilines is 1. The van der Waals surface area contributed by atoms with E-state index in [0.717, 1.165) is 41.1 Å². The summed E-state index contributed by atoms with van der Waals surface area (Å²) in [6, 6.07) is 3.90. The third-order valence-electron chi connectivity index (χ3n) is 6.04. The van der Waals surface area contributed by atoms with Crippen LogP contribution in [0.2, 0.25) is 0 Å². The molecule has 2 aromatic rings. The highest BCUT2D eigenvalue weighted by molar-refractivity contribution is 5.68. The number of allylic oxidation sites excluding steroid dienone is 8. The van der Waals surface area contributed by atoms with Gasteiger partial charge in [0.15, 0.2) is 5.65 Å². The van der Waals surface area contributed by atoms with Gasteiger partial charge in [0.25, 0.3) is 0 Å². The Balaban J connectivity index is 1.81. The minimum Gasteiger partial charge on any atom is -0.391 e. The summed E-state index contributed by atoms with van der Waals surface area (Å²) in [5, 5.41) is 18.6. The van der Waals surface area contributed by atoms with E-state index < -0.39 is 0 Å². The normalized spacial score (nSPS) is 18.2. The number of hydrogen-bond acceptors (Lipinski definition) is 4. The standard InChI is InChI=1S/C26H36N4O/c1-5-10-19(3)22(11-6-2)16-20(4)23-17-28-26-15-14-25(29-30(23)26)27-18-24(31)21-12-8-7-9-13-21/h5-6,10-11,14-17,21,24,31H,7-9,12-13,18H2,1-4H3,(H,27,29)/b10-5-,11-6-,20-16+,22-19+. The Bertz CT molecular complexity index is 990. The van der Waals surface area contributed by atoms with Gasteiger partial charge in [-0.3, -0.25) is 0 Å². The van der Waals surface area contributed by atoms with E-state index in [1.165, 1.54) is 24.8 Å². The first-order valence-corrected chi connectivity index (χ1v) is 11.4. The van der Waals surface area contributed by atoms with Crippen LogP contribution in [0, 0.1) is 5.92 Å². The van der Waals surface area contributed by atoms with Crippen LogP contribution in [0.5, 0.6) is 0 Å². The number of hydrogen-bond donors (Lipinski definition) is 2. The van der Waals surface area contributed by atoms with Crippen molar-refractivity contribution in [3.63, 3.8) is 0 Å². The number of nitrogens with zero attached hydrogens (tertiary/aromatic N) is 3. The molecule has 0 bridgehead atoms. The van der Waals surface area contributed by atoms with Crippen molar-refractivity contribution in [1.82, 2.24) is 14.6 Å². The zero-order valence-corrected chi connectivity index (χ0v) is 19.3. The van der Waals surface area contributed by atoms with E-state index in [1.54, 1.807) is 0 Å². The van der Waals surface area contributed by atoms with Crippen LogP contribution in [0.15, 0.2) is 59.9 Å². The first-order valence-electron chi connectivity index (χ1n) is 11.4. The molecule has 2 N–H and O–H groups in total. The summed E-state index contributed by atoms with van der Waals surface area (Å²) >= 11 is 0. The first kappa shape index (κ1) is 23.0. The molecule has 0 aromatic carbocycles. The molecule has 0 aliphatic heterocycles. The largest absolute Gasteiger partial charge is 0.391 e. The summed E-state index contributed by atoms with van der Waals surface area (Å²) in [5.74, 6) is 1.15. The maximum Gasteiger partial charge on any atom is 0.154 e. The molecule has 1 unspecified atom stereocenters. The number of aliphatic hydroxyl groups is 1. The summed E-state index contributed by atoms with van der Waals surface area (Å²) < 4.78 is 1.87. The molecule has 0 saturated heterocycles. The van der Waals surface area contributed by atoms with Crippen molar-refractivity contribution < 1.29 is 5.11 Å². The van der Waals surface area contributed by atoms with Crippen LogP contribution in [-0.4, -0.2) is 32.4 Å². The zero-order chi connectivity index (χ0) is 22.2. The number of rotatable bonds is 8. The van der Waals surface area contributed by atoms with E-state index in [0.29, 0.717) is 12.5 Å². The van der Waals surface area contributed by atoms with Crippen molar-refractivity contribution >= 4 is 17.0 Å². The van der Waals surface area contributed by atoms with Crippen molar-refractivity contribution in [2.24, 2.45) is 5.92 Å². The summed E-state index contributed by atoms with van der Waals surface area (Å²) in [5.41, 5.74) is 5.24. The van der Waals surface area contributed by atoms with Crippen LogP contribution < -0.4 is 5.32 Å². The molecular formula is C26H36N4O. The van der Waals surface area contributed by atoms with Crippen molar-refractivity contribution in [3.8, 4) is 0 Å². The quantitative estimate of drug-likeness (QED) is 0.518. The molecular weight excluding hydrogens is 384 g/mol. The topological polar surface area (TPSA) is 62.5 Å². The number of nitrogens with one attached hydrogen (secondary N) is 1. The van der Waals surface area contributed by atoms with Crippen molar-refractivity contribution in [3.05, 3.63) is 65.5 Å². The van der Waals surface area contributed by atoms with E-state index >= 15 is 0 Å². The fourth-order valence-corrected chi connectivity index (χ4v) is 4.26. The fraction of sp³-hybridized carbons (Fsp3) is 0.462. The van der Waals surface area contributed by atoms with Gasteiger partial charge in [-0.2, -0.15) is 0 Å². The number of imidazole rings is 1. The molecule has 1 fully saturated rings. The highest BCUT2D eigenvalue weighted by Gasteiger charge is 2.21. The molecule has 0 amide bonds. The molecule has 2 heterocycles. The van der Waals surface area contributed by atoms with Gasteiger partial charge in [0.1, 0.15) is 5.82 Å². The van der Waals surface area contributed by atoms with Crippen molar-refractivity contribution in [2.75, 3.05) is 11.9 Å². The van der Waals surface area contributed by atoms with Crippen molar-refractivity contribution in [2.45, 2.75) is 65.9 Å². The van der Waals surface area contributed by atoms with Crippen molar-refractivity contribution in [1.29, 1.82) is 0 Å². The van der Waals surface area contributed by atoms with E-state index in [9.17, 15) is 5.11 Å². The second kappa shape index (κ2) is 11.1. The number of aromatic nitrogens is 3. The van der Waals surface area contributed by atoms with Gasteiger partial charge in [0.2, 0.25) is 0 Å². The van der Waals surface area contributed by atoms with Crippen LogP contribution in [0.4, 0.5) is 5.82 Å². The van der Waals surface area contributed by atoms with Gasteiger partial charge in [-0.15, -0.1) is 5.10 Å². The smallest absolute Gasteiger partial charge is 0.154 e. The molecule has 1 atom stereocenters. The van der Waals surface area contributed by atoms with Gasteiger partial charge in [-0.05, 0) is 81.4 Å². The molecule has 0 radical (unpaired) electrons. The number of fused-ring (bicyclic) bond motifs is 1. The van der Waals surface area contributed by atoms with E-state index in [2.05, 4.69) is 54.5 Å². The Labute approximate surface area is 186 Å². The zero-order valence-electron chi connectivity index (χ0n) is 19.3. The predicted molar refractivity (Wildman–Crippen MR) is 130 cm³/mol. The molecule has 5 heteroatoms. The first-order chi connectivity index (χ1) is 15.0. The molecule has 31 heavy (non-hydrogen) atoms. The lowest BCUT2D eigenvalue weighted by molar-refractivity contribution is 0.0955. The Morgan fingerprint density at radius 2 is 1.90 bits per heavy atom. The van der Waals surface area contributed by atoms with Crippen LogP contribution in [-0.2, 0) is 0 Å². The second-order valence-electron chi connectivity index (χ2n) is 8.44. The van der Waals surface area contributed by atoms with Gasteiger partial charge < -0.3 is 10.4 Å². The van der Waals surface area contributed by atoms with Crippen LogP contribution in [0.1, 0.15) is 65.5 Å². The molecule has 1 aliphatic rings. The maximum absolute atomic E-state index is 10.6. The molecule has 1 saturated carbocycles. The average Bonchev–Trinajstić information content (AvgIpc) is 3.21. The van der Waals surface area contributed by atoms with Gasteiger partial charge in [-0.1, -0.05) is 43.6 Å². The summed E-state index contributed by atoms with van der Waals surface area (Å²) in [6.07, 6.45) is 18.1. The maximum atomic E-state index is 10.6.